The molecule has 0 aliphatic heterocycles. The van der Waals surface area contributed by atoms with E-state index in [1.807, 2.05) is 6.07 Å². The van der Waals surface area contributed by atoms with Gasteiger partial charge in [0.25, 0.3) is 0 Å². The molecule has 3 aromatic rings. The number of anilines is 1. The van der Waals surface area contributed by atoms with Crippen LogP contribution in [0.2, 0.25) is 5.02 Å². The van der Waals surface area contributed by atoms with Crippen molar-refractivity contribution in [2.24, 2.45) is 0 Å². The van der Waals surface area contributed by atoms with E-state index in [0.717, 1.165) is 23.2 Å². The maximum Gasteiger partial charge on any atom is 0.226 e. The van der Waals surface area contributed by atoms with Crippen LogP contribution >= 0.6 is 22.9 Å². The first-order valence-corrected chi connectivity index (χ1v) is 12.1. The summed E-state index contributed by atoms with van der Waals surface area (Å²) in [6.45, 7) is 0.266. The van der Waals surface area contributed by atoms with Gasteiger partial charge < -0.3 is 5.32 Å². The summed E-state index contributed by atoms with van der Waals surface area (Å²) in [5.74, 6) is 0. The zero-order valence-electron chi connectivity index (χ0n) is 14.0. The van der Waals surface area contributed by atoms with Gasteiger partial charge in [-0.15, -0.1) is 0 Å². The highest BCUT2D eigenvalue weighted by Crippen LogP contribution is 2.35. The number of nitrogens with zero attached hydrogens (tertiary/aromatic N) is 2. The molecule has 27 heavy (non-hydrogen) atoms. The molecule has 2 aromatic heterocycles. The van der Waals surface area contributed by atoms with Crippen molar-refractivity contribution in [3.05, 3.63) is 59.4 Å². The molecular weight excluding hydrogens is 430 g/mol. The van der Waals surface area contributed by atoms with Crippen LogP contribution in [0.4, 0.5) is 5.00 Å². The van der Waals surface area contributed by atoms with E-state index in [9.17, 15) is 16.8 Å². The van der Waals surface area contributed by atoms with Gasteiger partial charge in [-0.2, -0.15) is 0 Å². The number of rotatable bonds is 6. The van der Waals surface area contributed by atoms with E-state index in [4.69, 9.17) is 11.6 Å². The molecule has 3 rings (SSSR count). The van der Waals surface area contributed by atoms with Gasteiger partial charge >= 0.3 is 0 Å². The number of pyridine rings is 1. The fourth-order valence-corrected chi connectivity index (χ4v) is 5.79. The summed E-state index contributed by atoms with van der Waals surface area (Å²) in [7, 11) is -7.70. The van der Waals surface area contributed by atoms with Crippen LogP contribution in [0.1, 0.15) is 5.56 Å². The topological polar surface area (TPSA) is 106 Å². The monoisotopic (exact) mass is 443 g/mol. The van der Waals surface area contributed by atoms with Gasteiger partial charge in [0.1, 0.15) is 5.00 Å². The highest BCUT2D eigenvalue weighted by Gasteiger charge is 2.29. The van der Waals surface area contributed by atoms with Crippen molar-refractivity contribution in [1.29, 1.82) is 0 Å². The first kappa shape index (κ1) is 19.7. The number of thiazole rings is 1. The molecule has 0 saturated carbocycles. The number of sulfone groups is 2. The lowest BCUT2D eigenvalue weighted by Crippen LogP contribution is -2.07. The lowest BCUT2D eigenvalue weighted by Gasteiger charge is -2.07. The van der Waals surface area contributed by atoms with Crippen LogP contribution in [0.3, 0.4) is 0 Å². The highest BCUT2D eigenvalue weighted by molar-refractivity contribution is 7.93. The summed E-state index contributed by atoms with van der Waals surface area (Å²) in [5.41, 5.74) is 0.807. The third-order valence-corrected chi connectivity index (χ3v) is 8.22. The van der Waals surface area contributed by atoms with Crippen molar-refractivity contribution >= 4 is 47.6 Å². The maximum absolute atomic E-state index is 13.0. The van der Waals surface area contributed by atoms with E-state index in [-0.39, 0.29) is 25.8 Å². The van der Waals surface area contributed by atoms with Gasteiger partial charge in [-0.25, -0.2) is 21.8 Å². The molecular formula is C16H14ClN3O4S3. The van der Waals surface area contributed by atoms with Crippen LogP contribution < -0.4 is 5.32 Å². The Labute approximate surface area is 165 Å². The molecule has 142 valence electrons. The van der Waals surface area contributed by atoms with Crippen molar-refractivity contribution in [2.75, 3.05) is 11.6 Å². The van der Waals surface area contributed by atoms with Crippen molar-refractivity contribution in [1.82, 2.24) is 9.97 Å². The lowest BCUT2D eigenvalue weighted by molar-refractivity contribution is 0.591. The van der Waals surface area contributed by atoms with Gasteiger partial charge in [0.2, 0.25) is 24.0 Å². The highest BCUT2D eigenvalue weighted by atomic mass is 35.5. The molecule has 0 amide bonds. The van der Waals surface area contributed by atoms with Crippen LogP contribution in [0.5, 0.6) is 0 Å². The molecule has 0 unspecified atom stereocenters. The molecule has 0 aliphatic rings. The molecule has 0 spiro atoms. The summed E-state index contributed by atoms with van der Waals surface area (Å²) in [6.07, 6.45) is 4.22. The van der Waals surface area contributed by atoms with Gasteiger partial charge in [-0.3, -0.25) is 4.98 Å². The third-order valence-electron chi connectivity index (χ3n) is 3.45. The van der Waals surface area contributed by atoms with Crippen LogP contribution in [0, 0.1) is 0 Å². The normalized spacial score (nSPS) is 12.1. The van der Waals surface area contributed by atoms with Crippen molar-refractivity contribution in [3.63, 3.8) is 0 Å². The van der Waals surface area contributed by atoms with E-state index in [1.54, 1.807) is 18.5 Å². The first-order chi connectivity index (χ1) is 12.7. The van der Waals surface area contributed by atoms with Crippen LogP contribution in [-0.4, -0.2) is 33.1 Å². The van der Waals surface area contributed by atoms with Crippen LogP contribution in [0.25, 0.3) is 0 Å². The van der Waals surface area contributed by atoms with Gasteiger partial charge in [0.05, 0.1) is 4.90 Å². The van der Waals surface area contributed by atoms with Crippen LogP contribution in [-0.2, 0) is 26.2 Å². The first-order valence-electron chi connectivity index (χ1n) is 7.52. The largest absolute Gasteiger partial charge is 0.370 e. The van der Waals surface area contributed by atoms with Gasteiger partial charge in [-0.05, 0) is 35.9 Å². The SMILES string of the molecule is CS(=O)(=O)c1nc(S(=O)(=O)c2ccc(Cl)cc2)c(NCc2cccnc2)s1. The zero-order valence-corrected chi connectivity index (χ0v) is 17.2. The second-order valence-electron chi connectivity index (χ2n) is 5.56. The number of nitrogens with one attached hydrogen (secondary N) is 1. The Morgan fingerprint density at radius 3 is 2.41 bits per heavy atom. The molecule has 1 N–H and O–H groups in total. The fraction of sp³-hybridized carbons (Fsp3) is 0.125. The summed E-state index contributed by atoms with van der Waals surface area (Å²) >= 11 is 6.59. The third kappa shape index (κ3) is 4.46. The molecule has 0 bridgehead atoms. The second-order valence-corrected chi connectivity index (χ2v) is 11.0. The number of aromatic nitrogens is 2. The Morgan fingerprint density at radius 1 is 1.11 bits per heavy atom. The zero-order chi connectivity index (χ0) is 19.7. The molecule has 0 atom stereocenters. The average molecular weight is 444 g/mol. The van der Waals surface area contributed by atoms with E-state index < -0.39 is 19.7 Å². The summed E-state index contributed by atoms with van der Waals surface area (Å²) < 4.78 is 49.4. The van der Waals surface area contributed by atoms with Gasteiger partial charge in [-0.1, -0.05) is 29.0 Å². The Hall–Kier alpha value is -2.01. The molecule has 0 aliphatic carbocycles. The van der Waals surface area contributed by atoms with E-state index in [2.05, 4.69) is 15.3 Å². The Kier molecular flexibility index (Phi) is 5.52. The quantitative estimate of drug-likeness (QED) is 0.623. The summed E-state index contributed by atoms with van der Waals surface area (Å²) in [5, 5.41) is 3.16. The van der Waals surface area contributed by atoms with Gasteiger partial charge in [0.15, 0.2) is 5.03 Å². The molecule has 11 heteroatoms. The number of hydrogen-bond donors (Lipinski definition) is 1. The molecule has 0 radical (unpaired) electrons. The number of hydrogen-bond acceptors (Lipinski definition) is 8. The van der Waals surface area contributed by atoms with Crippen molar-refractivity contribution < 1.29 is 16.8 Å². The minimum Gasteiger partial charge on any atom is -0.370 e. The Bertz CT molecular complexity index is 1160. The van der Waals surface area contributed by atoms with E-state index >= 15 is 0 Å². The predicted octanol–water partition coefficient (Wildman–Crippen LogP) is 3.04. The van der Waals surface area contributed by atoms with Crippen molar-refractivity contribution in [2.45, 2.75) is 20.8 Å². The second kappa shape index (κ2) is 7.55. The maximum atomic E-state index is 13.0. The Balaban J connectivity index is 2.04. The van der Waals surface area contributed by atoms with E-state index in [1.165, 1.54) is 24.3 Å². The lowest BCUT2D eigenvalue weighted by atomic mass is 10.3. The standard InChI is InChI=1S/C16H14ClN3O4S3/c1-26(21,22)16-20-15(27(23,24)13-6-4-12(17)5-7-13)14(25-16)19-10-11-3-2-8-18-9-11/h2-9,19H,10H2,1H3. The molecule has 0 saturated heterocycles. The number of benzene rings is 1. The molecule has 1 aromatic carbocycles. The molecule has 2 heterocycles. The fourth-order valence-electron chi connectivity index (χ4n) is 2.15. The minimum atomic E-state index is -4.03. The smallest absolute Gasteiger partial charge is 0.226 e. The van der Waals surface area contributed by atoms with Gasteiger partial charge in [0, 0.05) is 30.2 Å². The average Bonchev–Trinajstić information content (AvgIpc) is 3.07. The molecule has 7 nitrogen and oxygen atoms in total. The minimum absolute atomic E-state index is 0.0262. The van der Waals surface area contributed by atoms with Crippen molar-refractivity contribution in [3.8, 4) is 0 Å². The molecule has 0 fully saturated rings. The van der Waals surface area contributed by atoms with Crippen LogP contribution in [0.15, 0.2) is 63.1 Å². The number of halogens is 1. The predicted molar refractivity (Wildman–Crippen MR) is 104 cm³/mol. The summed E-state index contributed by atoms with van der Waals surface area (Å²) in [6, 6.07) is 9.15. The Morgan fingerprint density at radius 2 is 1.81 bits per heavy atom. The summed E-state index contributed by atoms with van der Waals surface area (Å²) in [4.78, 5) is 7.86. The van der Waals surface area contributed by atoms with E-state index in [0.29, 0.717) is 5.02 Å².